The van der Waals surface area contributed by atoms with Crippen LogP contribution in [0.1, 0.15) is 39.9 Å². The zero-order chi connectivity index (χ0) is 21.3. The topological polar surface area (TPSA) is 66.0 Å². The van der Waals surface area contributed by atoms with E-state index >= 15 is 0 Å². The normalized spacial score (nSPS) is 15.8. The minimum Gasteiger partial charge on any atom is -0.376 e. The zero-order valence-electron chi connectivity index (χ0n) is 18.6. The van der Waals surface area contributed by atoms with Crippen LogP contribution in [0.15, 0.2) is 53.5 Å². The molecular weight excluding hydrogens is 503 g/mol. The van der Waals surface area contributed by atoms with Gasteiger partial charge in [-0.2, -0.15) is 0 Å². The van der Waals surface area contributed by atoms with Gasteiger partial charge >= 0.3 is 0 Å². The maximum absolute atomic E-state index is 12.5. The van der Waals surface area contributed by atoms with Gasteiger partial charge in [0, 0.05) is 45.9 Å². The van der Waals surface area contributed by atoms with E-state index in [9.17, 15) is 4.79 Å². The molecule has 2 N–H and O–H groups in total. The van der Waals surface area contributed by atoms with Gasteiger partial charge in [-0.05, 0) is 43.0 Å². The number of benzene rings is 2. The second kappa shape index (κ2) is 12.7. The number of aryl methyl sites for hydroxylation is 1. The Morgan fingerprint density at radius 1 is 1.16 bits per heavy atom. The molecule has 0 radical (unpaired) electrons. The van der Waals surface area contributed by atoms with E-state index in [0.717, 1.165) is 37.5 Å². The second-order valence-electron chi connectivity index (χ2n) is 7.79. The molecule has 1 aliphatic heterocycles. The Morgan fingerprint density at radius 3 is 2.61 bits per heavy atom. The van der Waals surface area contributed by atoms with Crippen molar-refractivity contribution in [1.29, 1.82) is 0 Å². The molecule has 0 aromatic heterocycles. The monoisotopic (exact) mass is 536 g/mol. The Labute approximate surface area is 202 Å². The average molecular weight is 536 g/mol. The molecule has 1 saturated heterocycles. The summed E-state index contributed by atoms with van der Waals surface area (Å²) in [7, 11) is 3.80. The van der Waals surface area contributed by atoms with Gasteiger partial charge < -0.3 is 20.3 Å². The number of aliphatic imine (C=N–C) groups is 1. The van der Waals surface area contributed by atoms with Gasteiger partial charge in [-0.25, -0.2) is 0 Å². The first-order chi connectivity index (χ1) is 14.5. The predicted octanol–water partition coefficient (Wildman–Crippen LogP) is 3.73. The third-order valence-electron chi connectivity index (χ3n) is 5.27. The summed E-state index contributed by atoms with van der Waals surface area (Å²) in [6.45, 7) is 4.81. The fourth-order valence-corrected chi connectivity index (χ4v) is 3.54. The first kappa shape index (κ1) is 25.1. The van der Waals surface area contributed by atoms with Gasteiger partial charge in [0.1, 0.15) is 0 Å². The SMILES string of the molecule is CN=C(NCc1cccc(C(=O)NCC2CCCO2)c1)N(C)Cc1ccc(C)cc1.I. The first-order valence-corrected chi connectivity index (χ1v) is 10.5. The summed E-state index contributed by atoms with van der Waals surface area (Å²) in [5.41, 5.74) is 4.18. The fraction of sp³-hybridized carbons (Fsp3) is 0.417. The number of ether oxygens (including phenoxy) is 1. The van der Waals surface area contributed by atoms with Crippen molar-refractivity contribution in [3.8, 4) is 0 Å². The van der Waals surface area contributed by atoms with Crippen molar-refractivity contribution in [2.75, 3.05) is 27.2 Å². The molecule has 0 aliphatic carbocycles. The molecule has 1 amide bonds. The van der Waals surface area contributed by atoms with Crippen LogP contribution in [0.4, 0.5) is 0 Å². The third kappa shape index (κ3) is 7.81. The summed E-state index contributed by atoms with van der Waals surface area (Å²) in [5, 5.41) is 6.36. The highest BCUT2D eigenvalue weighted by Crippen LogP contribution is 2.12. The van der Waals surface area contributed by atoms with E-state index in [2.05, 4.69) is 51.7 Å². The molecule has 1 aliphatic rings. The highest BCUT2D eigenvalue weighted by Gasteiger charge is 2.16. The molecule has 1 fully saturated rings. The van der Waals surface area contributed by atoms with Crippen molar-refractivity contribution < 1.29 is 9.53 Å². The lowest BCUT2D eigenvalue weighted by Crippen LogP contribution is -2.38. The number of hydrogen-bond donors (Lipinski definition) is 2. The minimum atomic E-state index is -0.0618. The van der Waals surface area contributed by atoms with E-state index in [0.29, 0.717) is 18.7 Å². The number of hydrogen-bond acceptors (Lipinski definition) is 3. The van der Waals surface area contributed by atoms with Crippen molar-refractivity contribution in [2.45, 2.75) is 39.0 Å². The van der Waals surface area contributed by atoms with E-state index in [4.69, 9.17) is 4.74 Å². The molecule has 0 bridgehead atoms. The van der Waals surface area contributed by atoms with Gasteiger partial charge in [0.25, 0.3) is 5.91 Å². The molecule has 6 nitrogen and oxygen atoms in total. The van der Waals surface area contributed by atoms with Gasteiger partial charge in [-0.15, -0.1) is 24.0 Å². The van der Waals surface area contributed by atoms with Crippen LogP contribution in [0.3, 0.4) is 0 Å². The average Bonchev–Trinajstić information content (AvgIpc) is 3.28. The fourth-order valence-electron chi connectivity index (χ4n) is 3.54. The van der Waals surface area contributed by atoms with Gasteiger partial charge in [-0.1, -0.05) is 42.0 Å². The van der Waals surface area contributed by atoms with Crippen LogP contribution in [0.2, 0.25) is 0 Å². The number of carbonyl (C=O) groups is 1. The van der Waals surface area contributed by atoms with Gasteiger partial charge in [-0.3, -0.25) is 9.79 Å². The summed E-state index contributed by atoms with van der Waals surface area (Å²) in [5.74, 6) is 0.747. The Hall–Kier alpha value is -2.13. The standard InChI is InChI=1S/C24H32N4O2.HI/c1-18-9-11-19(12-10-18)17-28(3)24(25-2)27-15-20-6-4-7-21(14-20)23(29)26-16-22-8-5-13-30-22;/h4,6-7,9-12,14,22H,5,8,13,15-17H2,1-3H3,(H,25,27)(H,26,29);1H. The molecular formula is C24H33IN4O2. The van der Waals surface area contributed by atoms with Crippen molar-refractivity contribution in [3.63, 3.8) is 0 Å². The maximum atomic E-state index is 12.5. The number of halogens is 1. The molecule has 0 saturated carbocycles. The highest BCUT2D eigenvalue weighted by atomic mass is 127. The van der Waals surface area contributed by atoms with Crippen LogP contribution < -0.4 is 10.6 Å². The lowest BCUT2D eigenvalue weighted by molar-refractivity contribution is 0.0857. The molecule has 168 valence electrons. The van der Waals surface area contributed by atoms with Crippen LogP contribution in [0, 0.1) is 6.92 Å². The summed E-state index contributed by atoms with van der Waals surface area (Å²) in [4.78, 5) is 18.9. The van der Waals surface area contributed by atoms with Crippen molar-refractivity contribution in [2.24, 2.45) is 4.99 Å². The summed E-state index contributed by atoms with van der Waals surface area (Å²) in [6, 6.07) is 16.2. The molecule has 1 unspecified atom stereocenters. The summed E-state index contributed by atoms with van der Waals surface area (Å²) in [6.07, 6.45) is 2.23. The van der Waals surface area contributed by atoms with Crippen molar-refractivity contribution in [1.82, 2.24) is 15.5 Å². The largest absolute Gasteiger partial charge is 0.376 e. The number of nitrogens with one attached hydrogen (secondary N) is 2. The predicted molar refractivity (Wildman–Crippen MR) is 136 cm³/mol. The summed E-state index contributed by atoms with van der Waals surface area (Å²) >= 11 is 0. The highest BCUT2D eigenvalue weighted by molar-refractivity contribution is 14.0. The van der Waals surface area contributed by atoms with E-state index < -0.39 is 0 Å². The van der Waals surface area contributed by atoms with Crippen LogP contribution >= 0.6 is 24.0 Å². The molecule has 7 heteroatoms. The van der Waals surface area contributed by atoms with Crippen molar-refractivity contribution in [3.05, 3.63) is 70.8 Å². The van der Waals surface area contributed by atoms with E-state index in [1.807, 2.05) is 31.3 Å². The molecule has 2 aromatic carbocycles. The Kier molecular flexibility index (Phi) is 10.3. The van der Waals surface area contributed by atoms with Gasteiger partial charge in [0.15, 0.2) is 5.96 Å². The first-order valence-electron chi connectivity index (χ1n) is 10.5. The molecule has 1 atom stereocenters. The molecule has 2 aromatic rings. The smallest absolute Gasteiger partial charge is 0.251 e. The van der Waals surface area contributed by atoms with Crippen LogP contribution in [0.25, 0.3) is 0 Å². The molecule has 1 heterocycles. The Morgan fingerprint density at radius 2 is 1.94 bits per heavy atom. The number of nitrogens with zero attached hydrogens (tertiary/aromatic N) is 2. The molecule has 0 spiro atoms. The van der Waals surface area contributed by atoms with Crippen LogP contribution in [-0.2, 0) is 17.8 Å². The van der Waals surface area contributed by atoms with Gasteiger partial charge in [0.2, 0.25) is 0 Å². The molecule has 3 rings (SSSR count). The minimum absolute atomic E-state index is 0. The Balaban J connectivity index is 0.00000341. The zero-order valence-corrected chi connectivity index (χ0v) is 20.9. The third-order valence-corrected chi connectivity index (χ3v) is 5.27. The van der Waals surface area contributed by atoms with Crippen molar-refractivity contribution >= 4 is 35.8 Å². The second-order valence-corrected chi connectivity index (χ2v) is 7.79. The lowest BCUT2D eigenvalue weighted by Gasteiger charge is -2.22. The van der Waals surface area contributed by atoms with E-state index in [-0.39, 0.29) is 36.0 Å². The number of carbonyl (C=O) groups excluding carboxylic acids is 1. The van der Waals surface area contributed by atoms with Gasteiger partial charge in [0.05, 0.1) is 6.10 Å². The van der Waals surface area contributed by atoms with E-state index in [1.165, 1.54) is 11.1 Å². The Bertz CT molecular complexity index is 864. The lowest BCUT2D eigenvalue weighted by atomic mass is 10.1. The number of amides is 1. The number of rotatable bonds is 7. The molecule has 31 heavy (non-hydrogen) atoms. The number of guanidine groups is 1. The summed E-state index contributed by atoms with van der Waals surface area (Å²) < 4.78 is 5.57. The van der Waals surface area contributed by atoms with Crippen LogP contribution in [-0.4, -0.2) is 50.1 Å². The maximum Gasteiger partial charge on any atom is 0.251 e. The van der Waals surface area contributed by atoms with Crippen LogP contribution in [0.5, 0.6) is 0 Å². The van der Waals surface area contributed by atoms with E-state index in [1.54, 1.807) is 7.05 Å². The quantitative estimate of drug-likeness (QED) is 0.322.